The number of nitrogens with one attached hydrogen (secondary N) is 2. The van der Waals surface area contributed by atoms with Crippen LogP contribution in [0.25, 0.3) is 33.4 Å². The minimum Gasteiger partial charge on any atom is -0.381 e. The summed E-state index contributed by atoms with van der Waals surface area (Å²) in [5, 5.41) is 7.40. The molecule has 2 heterocycles. The summed E-state index contributed by atoms with van der Waals surface area (Å²) in [4.78, 5) is 0. The normalized spacial score (nSPS) is 14.9. The van der Waals surface area contributed by atoms with Crippen LogP contribution in [-0.2, 0) is 31.8 Å². The van der Waals surface area contributed by atoms with Gasteiger partial charge in [0.2, 0.25) is 0 Å². The Morgan fingerprint density at radius 1 is 0.424 bits per heavy atom. The first-order valence-corrected chi connectivity index (χ1v) is 25.0. The highest BCUT2D eigenvalue weighted by molar-refractivity contribution is 6.01. The lowest BCUT2D eigenvalue weighted by Gasteiger charge is -2.40. The number of rotatable bonds is 27. The molecule has 2 aliphatic heterocycles. The molecule has 0 aliphatic carbocycles. The Hall–Kier alpha value is -5.24. The molecule has 0 saturated carbocycles. The van der Waals surface area contributed by atoms with Gasteiger partial charge in [0.15, 0.2) is 0 Å². The zero-order valence-electron chi connectivity index (χ0n) is 39.6. The number of ether oxygens (including phenoxy) is 4. The molecule has 8 rings (SSSR count). The summed E-state index contributed by atoms with van der Waals surface area (Å²) in [6.45, 7) is 11.3. The van der Waals surface area contributed by atoms with Gasteiger partial charge in [-0.05, 0) is 133 Å². The number of anilines is 4. The fourth-order valence-corrected chi connectivity index (χ4v) is 9.23. The van der Waals surface area contributed by atoms with Crippen molar-refractivity contribution in [1.29, 1.82) is 0 Å². The van der Waals surface area contributed by atoms with Crippen LogP contribution in [-0.4, -0.2) is 52.9 Å². The van der Waals surface area contributed by atoms with Gasteiger partial charge in [0.25, 0.3) is 0 Å². The van der Waals surface area contributed by atoms with Crippen molar-refractivity contribution in [3.63, 3.8) is 0 Å². The van der Waals surface area contributed by atoms with E-state index in [0.29, 0.717) is 0 Å². The van der Waals surface area contributed by atoms with E-state index in [-0.39, 0.29) is 10.8 Å². The molecule has 0 unspecified atom stereocenters. The Bertz CT molecular complexity index is 2330. The Kier molecular flexibility index (Phi) is 17.2. The largest absolute Gasteiger partial charge is 0.381 e. The fourth-order valence-electron chi connectivity index (χ4n) is 9.23. The van der Waals surface area contributed by atoms with Gasteiger partial charge < -0.3 is 29.6 Å². The van der Waals surface area contributed by atoms with Gasteiger partial charge in [-0.1, -0.05) is 143 Å². The second-order valence-electron chi connectivity index (χ2n) is 19.0. The maximum atomic E-state index is 6.07. The van der Waals surface area contributed by atoms with E-state index < -0.39 is 0 Å². The average Bonchev–Trinajstić information content (AvgIpc) is 3.33. The first kappa shape index (κ1) is 47.3. The quantitative estimate of drug-likeness (QED) is 0.0503. The third kappa shape index (κ3) is 12.8. The monoisotopic (exact) mass is 885 g/mol. The third-order valence-electron chi connectivity index (χ3n) is 14.0. The molecule has 2 aliphatic rings. The number of hydrogen-bond acceptors (Lipinski definition) is 6. The summed E-state index contributed by atoms with van der Waals surface area (Å²) in [5.41, 5.74) is 14.8. The molecule has 0 aromatic heterocycles. The Morgan fingerprint density at radius 2 is 0.864 bits per heavy atom. The zero-order chi connectivity index (χ0) is 45.3. The number of hydrogen-bond donors (Lipinski definition) is 2. The van der Waals surface area contributed by atoms with E-state index in [9.17, 15) is 0 Å². The van der Waals surface area contributed by atoms with Crippen LogP contribution in [0, 0.1) is 10.8 Å². The van der Waals surface area contributed by atoms with Crippen molar-refractivity contribution >= 4 is 22.7 Å². The Balaban J connectivity index is 0.990. The Morgan fingerprint density at radius 3 is 1.33 bits per heavy atom. The standard InChI is InChI=1S/C60H72N2O4/c1-3-59(43-65-44-59)41-63-39-17-7-5-11-19-47-25-29-50(30-26-47)57-55(49-33-35-54(36-34-49)61-52-21-13-9-14-22-52)37-38-56(62-53-23-15-10-16-24-53)58(57)51-31-27-48(28-32-51)20-12-6-8-18-40-64-42-60(4-2)45-66-46-60/h9-10,13-16,21-38,61-62H,3-8,11-12,17-20,39-46H2,1-2H3. The molecule has 0 spiro atoms. The van der Waals surface area contributed by atoms with Gasteiger partial charge in [0.05, 0.1) is 39.6 Å². The smallest absolute Gasteiger partial charge is 0.0566 e. The molecule has 6 aromatic carbocycles. The highest BCUT2D eigenvalue weighted by Gasteiger charge is 2.37. The first-order valence-electron chi connectivity index (χ1n) is 25.0. The van der Waals surface area contributed by atoms with Gasteiger partial charge in [-0.3, -0.25) is 0 Å². The summed E-state index contributed by atoms with van der Waals surface area (Å²) in [6.07, 6.45) is 13.8. The molecule has 346 valence electrons. The van der Waals surface area contributed by atoms with E-state index in [4.69, 9.17) is 18.9 Å². The predicted octanol–water partition coefficient (Wildman–Crippen LogP) is 15.3. The zero-order valence-corrected chi connectivity index (χ0v) is 39.6. The number of aryl methyl sites for hydroxylation is 2. The van der Waals surface area contributed by atoms with Gasteiger partial charge >= 0.3 is 0 Å². The van der Waals surface area contributed by atoms with Crippen molar-refractivity contribution in [2.24, 2.45) is 10.8 Å². The molecule has 2 saturated heterocycles. The molecule has 6 aromatic rings. The maximum Gasteiger partial charge on any atom is 0.0566 e. The summed E-state index contributed by atoms with van der Waals surface area (Å²) < 4.78 is 23.1. The van der Waals surface area contributed by atoms with Gasteiger partial charge in [-0.15, -0.1) is 0 Å². The average molecular weight is 885 g/mol. The highest BCUT2D eigenvalue weighted by Crippen LogP contribution is 2.46. The van der Waals surface area contributed by atoms with Gasteiger partial charge in [0.1, 0.15) is 0 Å². The molecule has 0 bridgehead atoms. The van der Waals surface area contributed by atoms with E-state index in [1.54, 1.807) is 0 Å². The van der Waals surface area contributed by atoms with Crippen molar-refractivity contribution in [2.45, 2.75) is 90.9 Å². The summed E-state index contributed by atoms with van der Waals surface area (Å²) in [6, 6.07) is 53.1. The second-order valence-corrected chi connectivity index (χ2v) is 19.0. The molecule has 66 heavy (non-hydrogen) atoms. The summed E-state index contributed by atoms with van der Waals surface area (Å²) in [7, 11) is 0. The van der Waals surface area contributed by atoms with Crippen molar-refractivity contribution < 1.29 is 18.9 Å². The minimum atomic E-state index is 0.267. The maximum absolute atomic E-state index is 6.07. The van der Waals surface area contributed by atoms with Gasteiger partial charge in [-0.25, -0.2) is 0 Å². The van der Waals surface area contributed by atoms with Crippen LogP contribution < -0.4 is 10.6 Å². The van der Waals surface area contributed by atoms with Crippen LogP contribution in [0.2, 0.25) is 0 Å². The van der Waals surface area contributed by atoms with Gasteiger partial charge in [0, 0.05) is 52.4 Å². The molecule has 2 fully saturated rings. The van der Waals surface area contributed by atoms with Crippen molar-refractivity contribution in [2.75, 3.05) is 63.5 Å². The van der Waals surface area contributed by atoms with E-state index >= 15 is 0 Å². The number of para-hydroxylation sites is 2. The topological polar surface area (TPSA) is 61.0 Å². The molecular formula is C60H72N2O4. The highest BCUT2D eigenvalue weighted by atomic mass is 16.5. The van der Waals surface area contributed by atoms with Crippen LogP contribution in [0.5, 0.6) is 0 Å². The van der Waals surface area contributed by atoms with Crippen LogP contribution >= 0.6 is 0 Å². The van der Waals surface area contributed by atoms with Crippen molar-refractivity contribution in [3.05, 3.63) is 157 Å². The van der Waals surface area contributed by atoms with Crippen molar-refractivity contribution in [3.8, 4) is 33.4 Å². The fraction of sp³-hybridized carbons (Fsp3) is 0.400. The molecule has 0 atom stereocenters. The first-order chi connectivity index (χ1) is 32.5. The minimum absolute atomic E-state index is 0.267. The molecular weight excluding hydrogens is 813 g/mol. The lowest BCUT2D eigenvalue weighted by molar-refractivity contribution is -0.150. The molecule has 2 N–H and O–H groups in total. The third-order valence-corrected chi connectivity index (χ3v) is 14.0. The second kappa shape index (κ2) is 24.0. The predicted molar refractivity (Wildman–Crippen MR) is 275 cm³/mol. The molecule has 0 amide bonds. The lowest BCUT2D eigenvalue weighted by atomic mass is 9.84. The number of unbranched alkanes of at least 4 members (excludes halogenated alkanes) is 6. The van der Waals surface area contributed by atoms with E-state index in [2.05, 4.69) is 164 Å². The SMILES string of the molecule is CCC1(COCCCCCCc2ccc(-c3c(Nc4ccccc4)ccc(-c4ccc(Nc5ccccc5)cc4)c3-c3ccc(CCCCCCOCC4(CC)COC4)cc3)cc2)COC1. The van der Waals surface area contributed by atoms with E-state index in [0.717, 1.165) is 114 Å². The van der Waals surface area contributed by atoms with Crippen LogP contribution in [0.4, 0.5) is 22.7 Å². The van der Waals surface area contributed by atoms with E-state index in [1.165, 1.54) is 83.0 Å². The van der Waals surface area contributed by atoms with Gasteiger partial charge in [-0.2, -0.15) is 0 Å². The van der Waals surface area contributed by atoms with Crippen LogP contribution in [0.15, 0.2) is 146 Å². The van der Waals surface area contributed by atoms with Crippen LogP contribution in [0.1, 0.15) is 89.2 Å². The van der Waals surface area contributed by atoms with Crippen molar-refractivity contribution in [1.82, 2.24) is 0 Å². The van der Waals surface area contributed by atoms with E-state index in [1.807, 2.05) is 6.07 Å². The number of benzene rings is 6. The molecule has 6 nitrogen and oxygen atoms in total. The molecule has 6 heteroatoms. The molecule has 0 radical (unpaired) electrons. The Labute approximate surface area is 395 Å². The lowest BCUT2D eigenvalue weighted by Crippen LogP contribution is -2.45. The van der Waals surface area contributed by atoms with Crippen LogP contribution in [0.3, 0.4) is 0 Å². The summed E-state index contributed by atoms with van der Waals surface area (Å²) in [5.74, 6) is 0. The summed E-state index contributed by atoms with van der Waals surface area (Å²) >= 11 is 0.